The van der Waals surface area contributed by atoms with Crippen molar-refractivity contribution < 1.29 is 0 Å². The van der Waals surface area contributed by atoms with Crippen molar-refractivity contribution in [1.29, 1.82) is 0 Å². The van der Waals surface area contributed by atoms with Crippen LogP contribution in [-0.2, 0) is 13.0 Å². The van der Waals surface area contributed by atoms with Gasteiger partial charge in [-0.15, -0.1) is 0 Å². The lowest BCUT2D eigenvalue weighted by Crippen LogP contribution is -2.16. The van der Waals surface area contributed by atoms with E-state index in [1.54, 1.807) is 0 Å². The van der Waals surface area contributed by atoms with Crippen molar-refractivity contribution in [3.05, 3.63) is 69.2 Å². The van der Waals surface area contributed by atoms with Crippen molar-refractivity contribution >= 4 is 27.5 Å². The number of halogens is 2. The third-order valence-electron chi connectivity index (χ3n) is 2.78. The highest BCUT2D eigenvalue weighted by Crippen LogP contribution is 2.15. The van der Waals surface area contributed by atoms with Gasteiger partial charge in [-0.3, -0.25) is 0 Å². The van der Waals surface area contributed by atoms with E-state index in [1.807, 2.05) is 18.2 Å². The smallest absolute Gasteiger partial charge is 0.0406 e. The van der Waals surface area contributed by atoms with Gasteiger partial charge in [-0.05, 0) is 42.3 Å². The summed E-state index contributed by atoms with van der Waals surface area (Å²) in [5.74, 6) is 0. The zero-order valence-electron chi connectivity index (χ0n) is 10.00. The number of hydrogen-bond acceptors (Lipinski definition) is 1. The highest BCUT2D eigenvalue weighted by molar-refractivity contribution is 9.10. The summed E-state index contributed by atoms with van der Waals surface area (Å²) in [6.07, 6.45) is 1.02. The highest BCUT2D eigenvalue weighted by atomic mass is 79.9. The normalized spacial score (nSPS) is 10.6. The zero-order valence-corrected chi connectivity index (χ0v) is 12.3. The molecule has 1 N–H and O–H groups in total. The van der Waals surface area contributed by atoms with Gasteiger partial charge in [-0.2, -0.15) is 0 Å². The minimum absolute atomic E-state index is 0.792. The Balaban J connectivity index is 1.76. The van der Waals surface area contributed by atoms with E-state index in [0.29, 0.717) is 0 Å². The van der Waals surface area contributed by atoms with Crippen LogP contribution >= 0.6 is 27.5 Å². The van der Waals surface area contributed by atoms with E-state index in [2.05, 4.69) is 51.6 Å². The molecule has 2 aromatic carbocycles. The molecule has 18 heavy (non-hydrogen) atoms. The Morgan fingerprint density at radius 3 is 2.44 bits per heavy atom. The topological polar surface area (TPSA) is 12.0 Å². The van der Waals surface area contributed by atoms with Crippen LogP contribution in [0.4, 0.5) is 0 Å². The largest absolute Gasteiger partial charge is 0.312 e. The third kappa shape index (κ3) is 4.13. The first kappa shape index (κ1) is 13.6. The second-order valence-corrected chi connectivity index (χ2v) is 5.44. The molecular weight excluding hydrogens is 310 g/mol. The Morgan fingerprint density at radius 2 is 1.72 bits per heavy atom. The van der Waals surface area contributed by atoms with Crippen molar-refractivity contribution in [2.75, 3.05) is 6.54 Å². The Hall–Kier alpha value is -0.830. The van der Waals surface area contributed by atoms with E-state index in [1.165, 1.54) is 11.1 Å². The summed E-state index contributed by atoms with van der Waals surface area (Å²) in [4.78, 5) is 0. The average molecular weight is 325 g/mol. The van der Waals surface area contributed by atoms with Gasteiger partial charge in [-0.1, -0.05) is 57.9 Å². The quantitative estimate of drug-likeness (QED) is 0.802. The fourth-order valence-electron chi connectivity index (χ4n) is 1.75. The van der Waals surface area contributed by atoms with Crippen LogP contribution in [0.5, 0.6) is 0 Å². The lowest BCUT2D eigenvalue weighted by molar-refractivity contribution is 0.685. The predicted octanol–water partition coefficient (Wildman–Crippen LogP) is 4.43. The monoisotopic (exact) mass is 323 g/mol. The first-order chi connectivity index (χ1) is 8.75. The van der Waals surface area contributed by atoms with Gasteiger partial charge in [0.2, 0.25) is 0 Å². The Kier molecular flexibility index (Phi) is 5.24. The number of benzene rings is 2. The van der Waals surface area contributed by atoms with E-state index >= 15 is 0 Å². The highest BCUT2D eigenvalue weighted by Gasteiger charge is 1.98. The van der Waals surface area contributed by atoms with E-state index in [9.17, 15) is 0 Å². The fourth-order valence-corrected chi connectivity index (χ4v) is 2.30. The van der Waals surface area contributed by atoms with Gasteiger partial charge < -0.3 is 5.32 Å². The molecule has 0 aromatic heterocycles. The van der Waals surface area contributed by atoms with Crippen molar-refractivity contribution in [2.24, 2.45) is 0 Å². The molecular formula is C15H15BrClN. The van der Waals surface area contributed by atoms with Gasteiger partial charge in [0, 0.05) is 16.0 Å². The second kappa shape index (κ2) is 6.93. The van der Waals surface area contributed by atoms with Gasteiger partial charge in [-0.25, -0.2) is 0 Å². The van der Waals surface area contributed by atoms with E-state index in [-0.39, 0.29) is 0 Å². The molecule has 0 atom stereocenters. The predicted molar refractivity (Wildman–Crippen MR) is 81.0 cm³/mol. The summed E-state index contributed by atoms with van der Waals surface area (Å²) in [6, 6.07) is 16.3. The molecule has 0 aliphatic carbocycles. The molecule has 0 fully saturated rings. The molecule has 2 rings (SSSR count). The molecule has 0 aliphatic heterocycles. The molecule has 3 heteroatoms. The Morgan fingerprint density at radius 1 is 1.00 bits per heavy atom. The molecule has 0 unspecified atom stereocenters. The van der Waals surface area contributed by atoms with Gasteiger partial charge in [0.1, 0.15) is 0 Å². The average Bonchev–Trinajstić information content (AvgIpc) is 2.39. The summed E-state index contributed by atoms with van der Waals surface area (Å²) < 4.78 is 1.16. The summed E-state index contributed by atoms with van der Waals surface area (Å²) in [5.41, 5.74) is 2.59. The van der Waals surface area contributed by atoms with Crippen LogP contribution in [0.15, 0.2) is 53.0 Å². The summed E-state index contributed by atoms with van der Waals surface area (Å²) >= 11 is 9.40. The lowest BCUT2D eigenvalue weighted by atomic mass is 10.1. The van der Waals surface area contributed by atoms with Crippen LogP contribution in [0.3, 0.4) is 0 Å². The molecule has 2 aromatic rings. The molecule has 1 nitrogen and oxygen atoms in total. The molecule has 0 bridgehead atoms. The van der Waals surface area contributed by atoms with Crippen molar-refractivity contribution in [2.45, 2.75) is 13.0 Å². The van der Waals surface area contributed by atoms with Gasteiger partial charge in [0.25, 0.3) is 0 Å². The molecule has 0 spiro atoms. The van der Waals surface area contributed by atoms with Crippen LogP contribution in [-0.4, -0.2) is 6.54 Å². The van der Waals surface area contributed by atoms with Crippen LogP contribution in [0.25, 0.3) is 0 Å². The first-order valence-corrected chi connectivity index (χ1v) is 7.11. The molecule has 0 amide bonds. The van der Waals surface area contributed by atoms with E-state index in [4.69, 9.17) is 11.6 Å². The minimum Gasteiger partial charge on any atom is -0.312 e. The van der Waals surface area contributed by atoms with Crippen molar-refractivity contribution in [3.8, 4) is 0 Å². The maximum Gasteiger partial charge on any atom is 0.0406 e. The van der Waals surface area contributed by atoms with Crippen LogP contribution in [0.1, 0.15) is 11.1 Å². The summed E-state index contributed by atoms with van der Waals surface area (Å²) in [5, 5.41) is 4.23. The summed E-state index contributed by atoms with van der Waals surface area (Å²) in [6.45, 7) is 1.85. The molecule has 94 valence electrons. The molecule has 0 aliphatic rings. The standard InChI is InChI=1S/C15H15BrClN/c16-15-4-2-1-3-13(15)11-18-10-9-12-5-7-14(17)8-6-12/h1-8,18H,9-11H2. The van der Waals surface area contributed by atoms with E-state index in [0.717, 1.165) is 29.0 Å². The lowest BCUT2D eigenvalue weighted by Gasteiger charge is -2.07. The fraction of sp³-hybridized carbons (Fsp3) is 0.200. The van der Waals surface area contributed by atoms with Gasteiger partial charge in [0.05, 0.1) is 0 Å². The Labute approximate surface area is 121 Å². The third-order valence-corrected chi connectivity index (χ3v) is 3.80. The van der Waals surface area contributed by atoms with Crippen LogP contribution in [0.2, 0.25) is 5.02 Å². The number of hydrogen-bond donors (Lipinski definition) is 1. The minimum atomic E-state index is 0.792. The SMILES string of the molecule is Clc1ccc(CCNCc2ccccc2Br)cc1. The molecule has 0 radical (unpaired) electrons. The molecule has 0 heterocycles. The van der Waals surface area contributed by atoms with Crippen LogP contribution < -0.4 is 5.32 Å². The van der Waals surface area contributed by atoms with Crippen molar-refractivity contribution in [3.63, 3.8) is 0 Å². The maximum absolute atomic E-state index is 5.85. The zero-order chi connectivity index (χ0) is 12.8. The number of rotatable bonds is 5. The Bertz CT molecular complexity index is 496. The van der Waals surface area contributed by atoms with Crippen molar-refractivity contribution in [1.82, 2.24) is 5.32 Å². The molecule has 0 saturated heterocycles. The maximum atomic E-state index is 5.85. The second-order valence-electron chi connectivity index (χ2n) is 4.14. The van der Waals surface area contributed by atoms with Gasteiger partial charge in [0.15, 0.2) is 0 Å². The van der Waals surface area contributed by atoms with Crippen LogP contribution in [0, 0.1) is 0 Å². The van der Waals surface area contributed by atoms with E-state index < -0.39 is 0 Å². The van der Waals surface area contributed by atoms with Gasteiger partial charge >= 0.3 is 0 Å². The molecule has 0 saturated carbocycles. The first-order valence-electron chi connectivity index (χ1n) is 5.94. The summed E-state index contributed by atoms with van der Waals surface area (Å²) in [7, 11) is 0. The number of nitrogens with one attached hydrogen (secondary N) is 1.